The lowest BCUT2D eigenvalue weighted by molar-refractivity contribution is -0.147. The van der Waals surface area contributed by atoms with E-state index in [1.54, 1.807) is 0 Å². The number of aromatic nitrogens is 3. The van der Waals surface area contributed by atoms with Gasteiger partial charge in [-0.05, 0) is 43.9 Å². The van der Waals surface area contributed by atoms with Crippen LogP contribution in [0.15, 0.2) is 34.7 Å². The Morgan fingerprint density at radius 3 is 2.49 bits per heavy atom. The lowest BCUT2D eigenvalue weighted by Crippen LogP contribution is -2.28. The van der Waals surface area contributed by atoms with Gasteiger partial charge in [-0.25, -0.2) is 8.78 Å². The maximum atomic E-state index is 14.4. The van der Waals surface area contributed by atoms with E-state index in [0.717, 1.165) is 12.1 Å². The minimum Gasteiger partial charge on any atom is -0.474 e. The summed E-state index contributed by atoms with van der Waals surface area (Å²) in [4.78, 5) is 27.7. The van der Waals surface area contributed by atoms with Gasteiger partial charge in [0.2, 0.25) is 11.8 Å². The average Bonchev–Trinajstić information content (AvgIpc) is 3.32. The molecule has 1 saturated carbocycles. The number of hydrogen-bond acceptors (Lipinski definition) is 9. The van der Waals surface area contributed by atoms with E-state index >= 15 is 0 Å². The molecule has 1 aliphatic carbocycles. The number of amides is 1. The number of anilines is 3. The van der Waals surface area contributed by atoms with Crippen molar-refractivity contribution < 1.29 is 36.7 Å². The summed E-state index contributed by atoms with van der Waals surface area (Å²) in [6.07, 6.45) is 2.18. The predicted molar refractivity (Wildman–Crippen MR) is 114 cm³/mol. The molecular formula is C22H20F3N5O5. The first-order chi connectivity index (χ1) is 16.8. The molecule has 3 aromatic rings. The summed E-state index contributed by atoms with van der Waals surface area (Å²) in [5.41, 5.74) is -0.130. The highest BCUT2D eigenvalue weighted by Crippen LogP contribution is 2.28. The Labute approximate surface area is 196 Å². The molecule has 4 rings (SSSR count). The van der Waals surface area contributed by atoms with Crippen LogP contribution >= 0.6 is 0 Å². The number of rotatable bonds is 7. The van der Waals surface area contributed by atoms with E-state index in [0.29, 0.717) is 25.7 Å². The molecule has 0 atom stereocenters. The van der Waals surface area contributed by atoms with Gasteiger partial charge in [0.15, 0.2) is 11.6 Å². The van der Waals surface area contributed by atoms with E-state index in [-0.39, 0.29) is 41.3 Å². The van der Waals surface area contributed by atoms with Gasteiger partial charge < -0.3 is 24.5 Å². The fourth-order valence-corrected chi connectivity index (χ4v) is 3.57. The minimum atomic E-state index is -1.09. The maximum Gasteiger partial charge on any atom is 0.320 e. The first-order valence-corrected chi connectivity index (χ1v) is 10.6. The van der Waals surface area contributed by atoms with Crippen LogP contribution in [0.3, 0.4) is 0 Å². The van der Waals surface area contributed by atoms with Crippen LogP contribution in [-0.4, -0.2) is 40.3 Å². The van der Waals surface area contributed by atoms with E-state index in [1.165, 1.54) is 25.3 Å². The Bertz CT molecular complexity index is 1230. The van der Waals surface area contributed by atoms with Crippen molar-refractivity contribution in [2.24, 2.45) is 5.92 Å². The summed E-state index contributed by atoms with van der Waals surface area (Å²) in [7, 11) is 1.35. The number of benzene rings is 1. The molecule has 13 heteroatoms. The van der Waals surface area contributed by atoms with Crippen molar-refractivity contribution in [1.82, 2.24) is 15.2 Å². The Morgan fingerprint density at radius 2 is 1.80 bits per heavy atom. The summed E-state index contributed by atoms with van der Waals surface area (Å²) < 4.78 is 56.3. The van der Waals surface area contributed by atoms with E-state index in [9.17, 15) is 22.8 Å². The first kappa shape index (κ1) is 24.0. The molecule has 1 aliphatic rings. The third kappa shape index (κ3) is 5.86. The molecule has 1 aromatic carbocycles. The van der Waals surface area contributed by atoms with Crippen molar-refractivity contribution in [3.05, 3.63) is 53.8 Å². The van der Waals surface area contributed by atoms with Crippen LogP contribution in [0.25, 0.3) is 0 Å². The molecule has 35 heavy (non-hydrogen) atoms. The second kappa shape index (κ2) is 10.4. The quantitative estimate of drug-likeness (QED) is 0.372. The van der Waals surface area contributed by atoms with Crippen molar-refractivity contribution in [3.63, 3.8) is 0 Å². The van der Waals surface area contributed by atoms with E-state index in [4.69, 9.17) is 13.9 Å². The van der Waals surface area contributed by atoms with Gasteiger partial charge in [0.05, 0.1) is 18.7 Å². The zero-order valence-corrected chi connectivity index (χ0v) is 18.4. The van der Waals surface area contributed by atoms with Gasteiger partial charge in [0.25, 0.3) is 0 Å². The second-order valence-electron chi connectivity index (χ2n) is 7.72. The zero-order chi connectivity index (χ0) is 24.9. The Morgan fingerprint density at radius 1 is 1.03 bits per heavy atom. The molecule has 1 amide bonds. The lowest BCUT2D eigenvalue weighted by atomic mass is 9.87. The molecule has 10 nitrogen and oxygen atoms in total. The minimum absolute atomic E-state index is 0.0397. The van der Waals surface area contributed by atoms with Gasteiger partial charge in [0.1, 0.15) is 6.10 Å². The zero-order valence-electron chi connectivity index (χ0n) is 18.4. The first-order valence-electron chi connectivity index (χ1n) is 10.6. The third-order valence-electron chi connectivity index (χ3n) is 5.36. The summed E-state index contributed by atoms with van der Waals surface area (Å²) in [6, 6.07) is 5.41. The molecule has 0 spiro atoms. The number of ether oxygens (including phenoxy) is 2. The number of halogens is 3. The molecule has 0 aliphatic heterocycles. The molecule has 2 heterocycles. The number of methoxy groups -OCH3 is 1. The van der Waals surface area contributed by atoms with Gasteiger partial charge in [-0.1, -0.05) is 5.10 Å². The maximum absolute atomic E-state index is 14.4. The Kier molecular flexibility index (Phi) is 7.13. The number of nitrogens with zero attached hydrogens (tertiary/aromatic N) is 3. The molecule has 2 N–H and O–H groups in total. The predicted octanol–water partition coefficient (Wildman–Crippen LogP) is 3.99. The van der Waals surface area contributed by atoms with Crippen LogP contribution < -0.4 is 15.4 Å². The Balaban J connectivity index is 1.33. The molecule has 0 radical (unpaired) electrons. The van der Waals surface area contributed by atoms with Gasteiger partial charge >= 0.3 is 23.8 Å². The number of carbonyl (C=O) groups is 2. The number of nitrogens with one attached hydrogen (secondary N) is 2. The van der Waals surface area contributed by atoms with Gasteiger partial charge in [-0.3, -0.25) is 9.59 Å². The summed E-state index contributed by atoms with van der Waals surface area (Å²) in [5.74, 6) is -4.89. The van der Waals surface area contributed by atoms with Gasteiger partial charge in [-0.2, -0.15) is 9.37 Å². The van der Waals surface area contributed by atoms with E-state index in [2.05, 4.69) is 25.8 Å². The van der Waals surface area contributed by atoms with Crippen molar-refractivity contribution in [2.75, 3.05) is 17.7 Å². The number of carbonyl (C=O) groups excluding carboxylic acids is 2. The van der Waals surface area contributed by atoms with Crippen molar-refractivity contribution >= 4 is 29.3 Å². The van der Waals surface area contributed by atoms with Gasteiger partial charge in [0, 0.05) is 17.8 Å². The molecule has 2 aromatic heterocycles. The molecule has 0 unspecified atom stereocenters. The summed E-state index contributed by atoms with van der Waals surface area (Å²) >= 11 is 0. The van der Waals surface area contributed by atoms with Crippen LogP contribution in [0.1, 0.15) is 36.4 Å². The monoisotopic (exact) mass is 491 g/mol. The molecule has 0 bridgehead atoms. The van der Waals surface area contributed by atoms with Crippen LogP contribution in [0.2, 0.25) is 0 Å². The number of esters is 1. The lowest BCUT2D eigenvalue weighted by Gasteiger charge is -2.27. The van der Waals surface area contributed by atoms with Crippen molar-refractivity contribution in [1.29, 1.82) is 0 Å². The van der Waals surface area contributed by atoms with Crippen LogP contribution in [-0.2, 0) is 9.53 Å². The van der Waals surface area contributed by atoms with E-state index in [1.807, 2.05) is 0 Å². The standard InChI is InChI=1S/C22H20F3N5O5/c1-33-21(32)11-2-5-13(6-3-11)34-17-9-8-16(18(25)28-17)27-19(31)20-29-30-22(35-20)26-12-4-7-14(23)15(24)10-12/h4,7-11,13H,2-3,5-6H2,1H3,(H,26,30)(H,27,31). The third-order valence-corrected chi connectivity index (χ3v) is 5.36. The summed E-state index contributed by atoms with van der Waals surface area (Å²) in [5, 5.41) is 11.9. The fraction of sp³-hybridized carbons (Fsp3) is 0.318. The van der Waals surface area contributed by atoms with Crippen LogP contribution in [0.5, 0.6) is 5.88 Å². The highest BCUT2D eigenvalue weighted by atomic mass is 19.2. The fourth-order valence-electron chi connectivity index (χ4n) is 3.57. The number of hydrogen-bond donors (Lipinski definition) is 2. The van der Waals surface area contributed by atoms with E-state index < -0.39 is 29.4 Å². The van der Waals surface area contributed by atoms with Crippen LogP contribution in [0.4, 0.5) is 30.6 Å². The smallest absolute Gasteiger partial charge is 0.320 e. The number of pyridine rings is 1. The highest BCUT2D eigenvalue weighted by Gasteiger charge is 2.28. The molecule has 184 valence electrons. The van der Waals surface area contributed by atoms with Crippen molar-refractivity contribution in [2.45, 2.75) is 31.8 Å². The summed E-state index contributed by atoms with van der Waals surface area (Å²) in [6.45, 7) is 0. The average molecular weight is 491 g/mol. The van der Waals surface area contributed by atoms with Crippen LogP contribution in [0, 0.1) is 23.5 Å². The SMILES string of the molecule is COC(=O)C1CCC(Oc2ccc(NC(=O)c3nnc(Nc4ccc(F)c(F)c4)o3)c(F)n2)CC1. The Hall–Kier alpha value is -4.16. The second-order valence-corrected chi connectivity index (χ2v) is 7.72. The van der Waals surface area contributed by atoms with Crippen molar-refractivity contribution in [3.8, 4) is 5.88 Å². The largest absolute Gasteiger partial charge is 0.474 e. The topological polar surface area (TPSA) is 128 Å². The molecule has 0 saturated heterocycles. The van der Waals surface area contributed by atoms with Gasteiger partial charge in [-0.15, -0.1) is 5.10 Å². The molecular weight excluding hydrogens is 471 g/mol. The molecule has 1 fully saturated rings. The highest BCUT2D eigenvalue weighted by molar-refractivity contribution is 6.00. The normalized spacial score (nSPS) is 17.5.